The quantitative estimate of drug-likeness (QED) is 0.108. The SMILES string of the molecule is CCOC(=O)c1cnc2c(cnn2CC)c1NCCCCCSc1ccnc2cc(C(F)(F)F)ccc12.Cl.Cl. The molecule has 7 nitrogen and oxygen atoms in total. The summed E-state index contributed by atoms with van der Waals surface area (Å²) in [6, 6.07) is 5.53. The largest absolute Gasteiger partial charge is 0.462 e. The van der Waals surface area contributed by atoms with Crippen molar-refractivity contribution in [2.45, 2.75) is 50.7 Å². The number of thioether (sulfide) groups is 1. The Balaban J connectivity index is 0.00000267. The van der Waals surface area contributed by atoms with E-state index in [0.29, 0.717) is 35.5 Å². The van der Waals surface area contributed by atoms with Gasteiger partial charge in [0.05, 0.1) is 35.0 Å². The van der Waals surface area contributed by atoms with E-state index in [1.165, 1.54) is 12.3 Å². The maximum absolute atomic E-state index is 13.0. The summed E-state index contributed by atoms with van der Waals surface area (Å²) < 4.78 is 46.0. The number of aryl methyl sites for hydroxylation is 1. The normalized spacial score (nSPS) is 11.2. The number of halogens is 5. The second-order valence-corrected chi connectivity index (χ2v) is 9.48. The van der Waals surface area contributed by atoms with Gasteiger partial charge in [0.15, 0.2) is 5.65 Å². The van der Waals surface area contributed by atoms with Crippen LogP contribution in [0.3, 0.4) is 0 Å². The van der Waals surface area contributed by atoms with Crippen LogP contribution in [0, 0.1) is 0 Å². The van der Waals surface area contributed by atoms with E-state index < -0.39 is 17.7 Å². The number of anilines is 1. The number of benzene rings is 1. The molecule has 0 aliphatic rings. The fourth-order valence-electron chi connectivity index (χ4n) is 4.04. The average Bonchev–Trinajstić information content (AvgIpc) is 3.31. The van der Waals surface area contributed by atoms with Gasteiger partial charge in [-0.25, -0.2) is 14.5 Å². The van der Waals surface area contributed by atoms with Crippen molar-refractivity contribution in [3.63, 3.8) is 0 Å². The van der Waals surface area contributed by atoms with Crippen molar-refractivity contribution in [1.82, 2.24) is 19.7 Å². The molecule has 4 aromatic rings. The lowest BCUT2D eigenvalue weighted by Gasteiger charge is -2.13. The third-order valence-corrected chi connectivity index (χ3v) is 7.03. The molecule has 1 aromatic carbocycles. The number of esters is 1. The van der Waals surface area contributed by atoms with Crippen molar-refractivity contribution in [3.05, 3.63) is 54.0 Å². The number of alkyl halides is 3. The van der Waals surface area contributed by atoms with Gasteiger partial charge in [-0.3, -0.25) is 4.98 Å². The monoisotopic (exact) mass is 603 g/mol. The van der Waals surface area contributed by atoms with Crippen molar-refractivity contribution in [3.8, 4) is 0 Å². The molecular weight excluding hydrogens is 574 g/mol. The maximum atomic E-state index is 13.0. The first kappa shape index (κ1) is 32.5. The Morgan fingerprint density at radius 2 is 1.85 bits per heavy atom. The van der Waals surface area contributed by atoms with Crippen molar-refractivity contribution < 1.29 is 22.7 Å². The molecule has 0 spiro atoms. The van der Waals surface area contributed by atoms with Gasteiger partial charge in [0, 0.05) is 35.8 Å². The Bertz CT molecular complexity index is 1400. The lowest BCUT2D eigenvalue weighted by atomic mass is 10.1. The molecule has 0 amide bonds. The number of ether oxygens (including phenoxy) is 1. The number of hydrogen-bond acceptors (Lipinski definition) is 7. The lowest BCUT2D eigenvalue weighted by molar-refractivity contribution is -0.137. The van der Waals surface area contributed by atoms with E-state index in [4.69, 9.17) is 4.74 Å². The third-order valence-electron chi connectivity index (χ3n) is 5.87. The van der Waals surface area contributed by atoms with Crippen molar-refractivity contribution >= 4 is 70.2 Å². The summed E-state index contributed by atoms with van der Waals surface area (Å²) >= 11 is 1.61. The number of nitrogens with zero attached hydrogens (tertiary/aromatic N) is 4. The predicted molar refractivity (Wildman–Crippen MR) is 153 cm³/mol. The number of rotatable bonds is 11. The number of nitrogens with one attached hydrogen (secondary N) is 1. The molecule has 13 heteroatoms. The van der Waals surface area contributed by atoms with E-state index in [-0.39, 0.29) is 31.4 Å². The van der Waals surface area contributed by atoms with Crippen LogP contribution in [-0.2, 0) is 17.5 Å². The van der Waals surface area contributed by atoms with Gasteiger partial charge in [0.2, 0.25) is 0 Å². The van der Waals surface area contributed by atoms with Gasteiger partial charge in [0.1, 0.15) is 5.56 Å². The number of unbranched alkanes of at least 4 members (excludes halogenated alkanes) is 2. The topological polar surface area (TPSA) is 81.9 Å². The fraction of sp³-hybridized carbons (Fsp3) is 0.385. The Morgan fingerprint density at radius 1 is 1.05 bits per heavy atom. The van der Waals surface area contributed by atoms with Gasteiger partial charge in [-0.1, -0.05) is 12.5 Å². The third kappa shape index (κ3) is 7.67. The standard InChI is InChI=1S/C26H28F3N5O2S.2ClH/c1-3-34-24-19(16-33-34)23(20(15-32-24)25(35)36-4-2)31-11-6-5-7-13-37-22-10-12-30-21-14-17(26(27,28)29)8-9-18(21)22;;/h8-10,12,14-16H,3-7,11,13H2,1-2H3,(H,31,32);2*1H. The van der Waals surface area contributed by atoms with Gasteiger partial charge in [-0.05, 0) is 50.6 Å². The summed E-state index contributed by atoms with van der Waals surface area (Å²) in [5.74, 6) is 0.406. The van der Waals surface area contributed by atoms with Crippen molar-refractivity contribution in [1.29, 1.82) is 0 Å². The van der Waals surface area contributed by atoms with Crippen LogP contribution < -0.4 is 5.32 Å². The number of aromatic nitrogens is 4. The Labute approximate surface area is 241 Å². The minimum absolute atomic E-state index is 0. The molecular formula is C26H30Cl2F3N5O2S. The lowest BCUT2D eigenvalue weighted by Crippen LogP contribution is -2.12. The Morgan fingerprint density at radius 3 is 2.56 bits per heavy atom. The van der Waals surface area contributed by atoms with Gasteiger partial charge in [-0.2, -0.15) is 18.3 Å². The van der Waals surface area contributed by atoms with Gasteiger partial charge < -0.3 is 10.1 Å². The highest BCUT2D eigenvalue weighted by Gasteiger charge is 2.30. The molecule has 212 valence electrons. The summed E-state index contributed by atoms with van der Waals surface area (Å²) in [4.78, 5) is 21.9. The van der Waals surface area contributed by atoms with E-state index in [9.17, 15) is 18.0 Å². The van der Waals surface area contributed by atoms with Crippen LogP contribution in [0.15, 0.2) is 47.8 Å². The zero-order valence-electron chi connectivity index (χ0n) is 21.5. The number of carbonyl (C=O) groups excluding carboxylic acids is 1. The minimum Gasteiger partial charge on any atom is -0.462 e. The van der Waals surface area contributed by atoms with Crippen molar-refractivity contribution in [2.75, 3.05) is 24.2 Å². The van der Waals surface area contributed by atoms with Crippen LogP contribution in [0.4, 0.5) is 18.9 Å². The number of pyridine rings is 2. The first-order chi connectivity index (χ1) is 17.8. The van der Waals surface area contributed by atoms with Crippen LogP contribution in [0.1, 0.15) is 49.0 Å². The van der Waals surface area contributed by atoms with E-state index in [1.54, 1.807) is 35.8 Å². The molecule has 0 radical (unpaired) electrons. The molecule has 0 fully saturated rings. The number of fused-ring (bicyclic) bond motifs is 2. The van der Waals surface area contributed by atoms with Gasteiger partial charge in [0.25, 0.3) is 0 Å². The molecule has 0 saturated carbocycles. The predicted octanol–water partition coefficient (Wildman–Crippen LogP) is 7.41. The second kappa shape index (κ2) is 14.6. The van der Waals surface area contributed by atoms with E-state index in [1.807, 2.05) is 13.0 Å². The maximum Gasteiger partial charge on any atom is 0.416 e. The summed E-state index contributed by atoms with van der Waals surface area (Å²) in [7, 11) is 0. The van der Waals surface area contributed by atoms with Crippen molar-refractivity contribution in [2.24, 2.45) is 0 Å². The first-order valence-electron chi connectivity index (χ1n) is 12.2. The summed E-state index contributed by atoms with van der Waals surface area (Å²) in [5, 5.41) is 9.24. The molecule has 0 bridgehead atoms. The molecule has 0 aliphatic heterocycles. The molecule has 0 saturated heterocycles. The first-order valence-corrected chi connectivity index (χ1v) is 13.2. The fourth-order valence-corrected chi connectivity index (χ4v) is 5.09. The second-order valence-electron chi connectivity index (χ2n) is 8.34. The van der Waals surface area contributed by atoms with Crippen LogP contribution in [0.5, 0.6) is 0 Å². The molecule has 0 unspecified atom stereocenters. The molecule has 4 rings (SSSR count). The highest BCUT2D eigenvalue weighted by molar-refractivity contribution is 7.99. The Hall–Kier alpha value is -2.76. The van der Waals surface area contributed by atoms with Crippen LogP contribution >= 0.6 is 36.6 Å². The molecule has 0 atom stereocenters. The molecule has 0 aliphatic carbocycles. The molecule has 1 N–H and O–H groups in total. The smallest absolute Gasteiger partial charge is 0.416 e. The highest BCUT2D eigenvalue weighted by Crippen LogP contribution is 2.34. The van der Waals surface area contributed by atoms with E-state index in [0.717, 1.165) is 52.8 Å². The average molecular weight is 605 g/mol. The zero-order valence-corrected chi connectivity index (χ0v) is 23.9. The summed E-state index contributed by atoms with van der Waals surface area (Å²) in [6.45, 7) is 5.35. The van der Waals surface area contributed by atoms with Gasteiger partial charge in [-0.15, -0.1) is 36.6 Å². The highest BCUT2D eigenvalue weighted by atomic mass is 35.5. The minimum atomic E-state index is -4.39. The van der Waals surface area contributed by atoms with E-state index >= 15 is 0 Å². The van der Waals surface area contributed by atoms with Crippen LogP contribution in [0.2, 0.25) is 0 Å². The number of carbonyl (C=O) groups is 1. The van der Waals surface area contributed by atoms with E-state index in [2.05, 4.69) is 20.4 Å². The molecule has 3 heterocycles. The molecule has 39 heavy (non-hydrogen) atoms. The zero-order chi connectivity index (χ0) is 26.4. The van der Waals surface area contributed by atoms with Crippen LogP contribution in [0.25, 0.3) is 21.9 Å². The van der Waals surface area contributed by atoms with Crippen LogP contribution in [-0.4, -0.2) is 44.6 Å². The Kier molecular flexibility index (Phi) is 12.1. The summed E-state index contributed by atoms with van der Waals surface area (Å²) in [5.41, 5.74) is 1.43. The number of hydrogen-bond donors (Lipinski definition) is 1. The summed E-state index contributed by atoms with van der Waals surface area (Å²) in [6.07, 6.45) is 3.16. The van der Waals surface area contributed by atoms with Gasteiger partial charge >= 0.3 is 12.1 Å². The molecule has 3 aromatic heterocycles.